The summed E-state index contributed by atoms with van der Waals surface area (Å²) >= 11 is 1.25. The van der Waals surface area contributed by atoms with Gasteiger partial charge in [0.25, 0.3) is 0 Å². The summed E-state index contributed by atoms with van der Waals surface area (Å²) in [6, 6.07) is -2.26. The van der Waals surface area contributed by atoms with Gasteiger partial charge in [-0.15, -0.1) is 0 Å². The third kappa shape index (κ3) is 105. The molecule has 0 saturated heterocycles. The molecule has 0 aliphatic rings. The number of ether oxygens (including phenoxy) is 30. The van der Waals surface area contributed by atoms with Crippen LogP contribution in [-0.2, 0) is 171 Å². The number of esters is 2. The fraction of sp³-hybridized carbons (Fsp3) is 0.933. The van der Waals surface area contributed by atoms with Crippen molar-refractivity contribution in [2.75, 3.05) is 408 Å². The molecule has 0 saturated carbocycles. The molecule has 0 spiro atoms. The average molecular weight is 1940 g/mol. The summed E-state index contributed by atoms with van der Waals surface area (Å²) in [5.41, 5.74) is 11.1. The lowest BCUT2D eigenvalue weighted by Gasteiger charge is -2.20. The molecule has 0 unspecified atom stereocenters. The molecular weight excluding hydrogens is 1760 g/mol. The maximum absolute atomic E-state index is 12.9. The van der Waals surface area contributed by atoms with E-state index in [1.165, 1.54) is 69.5 Å². The second-order valence-corrected chi connectivity index (χ2v) is 30.0. The van der Waals surface area contributed by atoms with E-state index in [2.05, 4.69) is 22.9 Å². The SMILES string of the molecule is CCCCCCCCCCCCCCCC(=O)O[C@H](COC(=O)CC)CSC[C@H](N)C(=O)N[C@@H](CO)C(=O)NCCOCCOCCOCCOCCOCCOCCOCCOCCOCCOCCOCCOCCOCCOCCOCCOCCOCCOCCOCCOCCOCCOCCOCCOCCOCCOCCOCCOCCC(=O)NCC(N)=O. The Morgan fingerprint density at radius 2 is 0.530 bits per heavy atom. The van der Waals surface area contributed by atoms with E-state index < -0.39 is 48.5 Å². The number of rotatable bonds is 115. The summed E-state index contributed by atoms with van der Waals surface area (Å²) < 4.78 is 165. The first kappa shape index (κ1) is 128. The molecule has 0 aromatic rings. The topological polar surface area (TPSA) is 488 Å². The van der Waals surface area contributed by atoms with Crippen LogP contribution in [0.2, 0.25) is 0 Å². The van der Waals surface area contributed by atoms with Crippen molar-refractivity contribution in [1.29, 1.82) is 0 Å². The van der Waals surface area contributed by atoms with Crippen LogP contribution in [-0.4, -0.2) is 467 Å². The number of carbonyl (C=O) groups excluding carboxylic acids is 6. The van der Waals surface area contributed by atoms with Gasteiger partial charge in [-0.3, -0.25) is 28.8 Å². The van der Waals surface area contributed by atoms with Crippen molar-refractivity contribution in [3.8, 4) is 0 Å². The third-order valence-corrected chi connectivity index (χ3v) is 19.0. The average Bonchev–Trinajstić information content (AvgIpc) is 0.904. The van der Waals surface area contributed by atoms with E-state index >= 15 is 0 Å². The summed E-state index contributed by atoms with van der Waals surface area (Å²) in [5, 5.41) is 17.3. The second-order valence-electron chi connectivity index (χ2n) is 29.0. The number of aliphatic hydroxyl groups excluding tert-OH is 1. The van der Waals surface area contributed by atoms with Crippen molar-refractivity contribution < 1.29 is 176 Å². The lowest BCUT2D eigenvalue weighted by molar-refractivity contribution is -0.157. The first-order chi connectivity index (χ1) is 65.0. The first-order valence-electron chi connectivity index (χ1n) is 47.6. The number of nitrogens with one attached hydrogen (secondary N) is 3. The van der Waals surface area contributed by atoms with Gasteiger partial charge in [-0.1, -0.05) is 90.9 Å². The minimum absolute atomic E-state index is 0.105. The third-order valence-electron chi connectivity index (χ3n) is 17.8. The molecule has 0 rings (SSSR count). The summed E-state index contributed by atoms with van der Waals surface area (Å²) in [4.78, 5) is 72.2. The number of amides is 4. The molecule has 42 nitrogen and oxygen atoms in total. The Hall–Kier alpha value is -4.03. The van der Waals surface area contributed by atoms with Crippen LogP contribution in [0.25, 0.3) is 0 Å². The molecule has 0 heterocycles. The smallest absolute Gasteiger partial charge is 0.306 e. The predicted molar refractivity (Wildman–Crippen MR) is 489 cm³/mol. The molecular formula is C89H173N5O37S. The zero-order valence-corrected chi connectivity index (χ0v) is 80.9. The number of hydrogen-bond donors (Lipinski definition) is 6. The Labute approximate surface area is 789 Å². The van der Waals surface area contributed by atoms with Gasteiger partial charge in [-0.25, -0.2) is 0 Å². The van der Waals surface area contributed by atoms with Gasteiger partial charge in [0.2, 0.25) is 23.6 Å². The Bertz CT molecular complexity index is 2420. The summed E-state index contributed by atoms with van der Waals surface area (Å²) in [6.07, 6.45) is 15.5. The van der Waals surface area contributed by atoms with E-state index in [-0.39, 0.29) is 82.2 Å². The number of aliphatic hydroxyl groups is 1. The van der Waals surface area contributed by atoms with E-state index in [0.29, 0.717) is 350 Å². The van der Waals surface area contributed by atoms with Crippen LogP contribution in [0.3, 0.4) is 0 Å². The van der Waals surface area contributed by atoms with Crippen LogP contribution in [0, 0.1) is 0 Å². The molecule has 0 fully saturated rings. The minimum Gasteiger partial charge on any atom is -0.462 e. The Kier molecular flexibility index (Phi) is 107. The molecule has 0 aliphatic heterocycles. The van der Waals surface area contributed by atoms with Crippen molar-refractivity contribution in [2.24, 2.45) is 11.5 Å². The zero-order chi connectivity index (χ0) is 95.4. The van der Waals surface area contributed by atoms with Crippen molar-refractivity contribution in [3.05, 3.63) is 0 Å². The van der Waals surface area contributed by atoms with Gasteiger partial charge < -0.3 is 175 Å². The quantitative estimate of drug-likeness (QED) is 0.0376. The normalized spacial score (nSPS) is 12.3. The number of primary amides is 1. The lowest BCUT2D eigenvalue weighted by atomic mass is 10.0. The van der Waals surface area contributed by atoms with Gasteiger partial charge in [-0.2, -0.15) is 11.8 Å². The fourth-order valence-electron chi connectivity index (χ4n) is 10.7. The number of unbranched alkanes of at least 4 members (excludes halogenated alkanes) is 12. The summed E-state index contributed by atoms with van der Waals surface area (Å²) in [5.74, 6) is -2.54. The van der Waals surface area contributed by atoms with Gasteiger partial charge in [0, 0.05) is 37.3 Å². The lowest BCUT2D eigenvalue weighted by Crippen LogP contribution is -2.54. The molecule has 0 bridgehead atoms. The van der Waals surface area contributed by atoms with Gasteiger partial charge >= 0.3 is 11.9 Å². The van der Waals surface area contributed by atoms with Crippen LogP contribution in [0.15, 0.2) is 0 Å². The number of carbonyl (C=O) groups is 6. The van der Waals surface area contributed by atoms with Crippen LogP contribution in [0.5, 0.6) is 0 Å². The zero-order valence-electron chi connectivity index (χ0n) is 80.1. The van der Waals surface area contributed by atoms with Crippen LogP contribution in [0.1, 0.15) is 117 Å². The second kappa shape index (κ2) is 111. The van der Waals surface area contributed by atoms with Crippen molar-refractivity contribution in [1.82, 2.24) is 16.0 Å². The summed E-state index contributed by atoms with van der Waals surface area (Å²) in [6.45, 7) is 27.4. The number of hydrogen-bond acceptors (Lipinski definition) is 39. The molecule has 782 valence electrons. The van der Waals surface area contributed by atoms with E-state index in [1.54, 1.807) is 6.92 Å². The molecule has 8 N–H and O–H groups in total. The van der Waals surface area contributed by atoms with Gasteiger partial charge in [0.05, 0.1) is 389 Å². The largest absolute Gasteiger partial charge is 0.462 e. The fourth-order valence-corrected chi connectivity index (χ4v) is 11.6. The highest BCUT2D eigenvalue weighted by atomic mass is 32.2. The van der Waals surface area contributed by atoms with E-state index in [1.807, 2.05) is 0 Å². The van der Waals surface area contributed by atoms with Crippen LogP contribution < -0.4 is 27.4 Å². The van der Waals surface area contributed by atoms with Crippen LogP contribution >= 0.6 is 11.8 Å². The van der Waals surface area contributed by atoms with E-state index in [9.17, 15) is 33.9 Å². The highest BCUT2D eigenvalue weighted by Crippen LogP contribution is 2.15. The maximum Gasteiger partial charge on any atom is 0.306 e. The molecule has 0 aliphatic carbocycles. The molecule has 4 amide bonds. The van der Waals surface area contributed by atoms with Gasteiger partial charge in [-0.05, 0) is 6.42 Å². The Morgan fingerprint density at radius 1 is 0.288 bits per heavy atom. The monoisotopic (exact) mass is 1940 g/mol. The highest BCUT2D eigenvalue weighted by molar-refractivity contribution is 7.99. The Balaban J connectivity index is 3.35. The standard InChI is InChI=1S/C89H173N5O37S/c1-3-5-6-7-8-9-10-11-12-13-14-15-16-17-87(99)131-81(78-130-86(98)4-2)79-132-80-82(90)88(100)94-83(77-95)89(101)92-19-21-103-23-25-105-27-29-107-31-33-109-35-37-111-39-41-113-43-45-115-47-49-117-51-53-119-55-57-121-59-61-123-63-65-125-67-69-127-71-73-129-75-74-128-72-70-126-68-66-124-64-62-122-60-58-120-56-54-118-52-50-116-48-46-114-44-42-112-40-38-110-36-34-108-32-30-106-28-26-104-24-22-102-20-18-85(97)93-76-84(91)96/h81-83,95H,3-80,90H2,1-2H3,(H2,91,96)(H,92,101)(H,93,97)(H,94,100)/t81-,82+,83+/m1/s1. The predicted octanol–water partition coefficient (Wildman–Crippen LogP) is 2.44. The summed E-state index contributed by atoms with van der Waals surface area (Å²) in [7, 11) is 0. The number of nitrogens with two attached hydrogens (primary N) is 2. The maximum atomic E-state index is 12.9. The van der Waals surface area contributed by atoms with E-state index in [0.717, 1.165) is 25.7 Å². The van der Waals surface area contributed by atoms with Gasteiger partial charge in [0.15, 0.2) is 0 Å². The van der Waals surface area contributed by atoms with Crippen LogP contribution in [0.4, 0.5) is 0 Å². The Morgan fingerprint density at radius 3 is 0.773 bits per heavy atom. The molecule has 132 heavy (non-hydrogen) atoms. The van der Waals surface area contributed by atoms with E-state index in [4.69, 9.17) is 154 Å². The van der Waals surface area contributed by atoms with Crippen molar-refractivity contribution in [3.63, 3.8) is 0 Å². The molecule has 43 heteroatoms. The first-order valence-corrected chi connectivity index (χ1v) is 48.8. The van der Waals surface area contributed by atoms with Crippen molar-refractivity contribution in [2.45, 2.75) is 135 Å². The van der Waals surface area contributed by atoms with Crippen molar-refractivity contribution >= 4 is 47.3 Å². The number of thioether (sulfide) groups is 1. The van der Waals surface area contributed by atoms with Gasteiger partial charge in [0.1, 0.15) is 18.8 Å². The molecule has 0 radical (unpaired) electrons. The minimum atomic E-state index is -1.22. The highest BCUT2D eigenvalue weighted by Gasteiger charge is 2.25. The molecule has 0 aromatic carbocycles. The molecule has 0 aromatic heterocycles. The molecule has 3 atom stereocenters.